The standard InChI is InChI=1S/C15H12FN3O3S2/c1-9-7-10(16)5-6-11(9)17-14(20)8-24(21,22)13-4-2-3-12-15(13)19-23-18-12/h2-7H,8H2,1H3,(H,17,20). The fourth-order valence-corrected chi connectivity index (χ4v) is 4.15. The largest absolute Gasteiger partial charge is 0.325 e. The maximum absolute atomic E-state index is 13.1. The summed E-state index contributed by atoms with van der Waals surface area (Å²) in [5.74, 6) is -1.87. The van der Waals surface area contributed by atoms with E-state index in [4.69, 9.17) is 0 Å². The number of amides is 1. The summed E-state index contributed by atoms with van der Waals surface area (Å²) in [5, 5.41) is 2.49. The van der Waals surface area contributed by atoms with Gasteiger partial charge < -0.3 is 5.32 Å². The van der Waals surface area contributed by atoms with Crippen molar-refractivity contribution in [2.24, 2.45) is 0 Å². The van der Waals surface area contributed by atoms with Crippen LogP contribution in [0.15, 0.2) is 41.3 Å². The highest BCUT2D eigenvalue weighted by Crippen LogP contribution is 2.22. The van der Waals surface area contributed by atoms with Gasteiger partial charge in [0.25, 0.3) is 0 Å². The normalized spacial score (nSPS) is 11.6. The molecule has 0 unspecified atom stereocenters. The first-order valence-electron chi connectivity index (χ1n) is 6.87. The third-order valence-electron chi connectivity index (χ3n) is 3.37. The van der Waals surface area contributed by atoms with E-state index in [0.29, 0.717) is 16.8 Å². The summed E-state index contributed by atoms with van der Waals surface area (Å²) < 4.78 is 46.0. The molecule has 0 radical (unpaired) electrons. The maximum atomic E-state index is 13.1. The molecule has 0 bridgehead atoms. The summed E-state index contributed by atoms with van der Waals surface area (Å²) in [6.45, 7) is 1.62. The van der Waals surface area contributed by atoms with Gasteiger partial charge in [-0.3, -0.25) is 4.79 Å². The molecule has 0 saturated carbocycles. The smallest absolute Gasteiger partial charge is 0.239 e. The zero-order valence-electron chi connectivity index (χ0n) is 12.5. The Balaban J connectivity index is 1.84. The molecule has 1 aromatic heterocycles. The van der Waals surface area contributed by atoms with E-state index in [2.05, 4.69) is 14.1 Å². The Kier molecular flexibility index (Phi) is 4.29. The number of benzene rings is 2. The molecule has 1 amide bonds. The van der Waals surface area contributed by atoms with Gasteiger partial charge in [-0.05, 0) is 42.8 Å². The summed E-state index contributed by atoms with van der Waals surface area (Å²) in [4.78, 5) is 12.1. The van der Waals surface area contributed by atoms with E-state index in [1.807, 2.05) is 0 Å². The van der Waals surface area contributed by atoms with Crippen molar-refractivity contribution in [1.29, 1.82) is 0 Å². The monoisotopic (exact) mass is 365 g/mol. The predicted molar refractivity (Wildman–Crippen MR) is 89.2 cm³/mol. The first kappa shape index (κ1) is 16.5. The molecule has 2 aromatic carbocycles. The Bertz CT molecular complexity index is 1030. The lowest BCUT2D eigenvalue weighted by atomic mass is 10.2. The van der Waals surface area contributed by atoms with Crippen molar-refractivity contribution in [2.75, 3.05) is 11.1 Å². The quantitative estimate of drug-likeness (QED) is 0.767. The minimum atomic E-state index is -3.88. The average molecular weight is 365 g/mol. The van der Waals surface area contributed by atoms with Crippen LogP contribution in [-0.2, 0) is 14.6 Å². The Hall–Kier alpha value is -2.39. The molecular formula is C15H12FN3O3S2. The molecule has 0 spiro atoms. The third kappa shape index (κ3) is 3.26. The van der Waals surface area contributed by atoms with Crippen LogP contribution in [0, 0.1) is 12.7 Å². The SMILES string of the molecule is Cc1cc(F)ccc1NC(=O)CS(=O)(=O)c1cccc2nsnc12. The molecule has 124 valence electrons. The predicted octanol–water partition coefficient (Wildman–Crippen LogP) is 2.55. The van der Waals surface area contributed by atoms with Gasteiger partial charge in [0.2, 0.25) is 5.91 Å². The molecule has 3 rings (SSSR count). The van der Waals surface area contributed by atoms with Crippen LogP contribution in [0.1, 0.15) is 5.56 Å². The number of aromatic nitrogens is 2. The van der Waals surface area contributed by atoms with E-state index in [1.165, 1.54) is 24.3 Å². The Morgan fingerprint density at radius 3 is 2.79 bits per heavy atom. The van der Waals surface area contributed by atoms with Crippen LogP contribution < -0.4 is 5.32 Å². The number of rotatable bonds is 4. The first-order chi connectivity index (χ1) is 11.4. The van der Waals surface area contributed by atoms with Gasteiger partial charge in [0.15, 0.2) is 9.84 Å². The number of carbonyl (C=O) groups is 1. The van der Waals surface area contributed by atoms with E-state index in [9.17, 15) is 17.6 Å². The molecule has 0 aliphatic carbocycles. The lowest BCUT2D eigenvalue weighted by Gasteiger charge is -2.09. The van der Waals surface area contributed by atoms with Gasteiger partial charge in [-0.2, -0.15) is 8.75 Å². The van der Waals surface area contributed by atoms with Crippen molar-refractivity contribution in [3.63, 3.8) is 0 Å². The minimum Gasteiger partial charge on any atom is -0.325 e. The molecule has 0 aliphatic rings. The molecule has 24 heavy (non-hydrogen) atoms. The zero-order chi connectivity index (χ0) is 17.3. The average Bonchev–Trinajstić information content (AvgIpc) is 2.97. The lowest BCUT2D eigenvalue weighted by Crippen LogP contribution is -2.23. The highest BCUT2D eigenvalue weighted by Gasteiger charge is 2.23. The van der Waals surface area contributed by atoms with Crippen LogP contribution in [0.25, 0.3) is 11.0 Å². The summed E-state index contributed by atoms with van der Waals surface area (Å²) in [6, 6.07) is 8.44. The van der Waals surface area contributed by atoms with Crippen LogP contribution in [0.2, 0.25) is 0 Å². The number of carbonyl (C=O) groups excluding carboxylic acids is 1. The molecule has 1 N–H and O–H groups in total. The highest BCUT2D eigenvalue weighted by atomic mass is 32.2. The van der Waals surface area contributed by atoms with Crippen LogP contribution in [-0.4, -0.2) is 28.8 Å². The Morgan fingerprint density at radius 1 is 1.25 bits per heavy atom. The number of fused-ring (bicyclic) bond motifs is 1. The number of nitrogens with one attached hydrogen (secondary N) is 1. The molecule has 0 fully saturated rings. The van der Waals surface area contributed by atoms with Gasteiger partial charge in [-0.15, -0.1) is 0 Å². The highest BCUT2D eigenvalue weighted by molar-refractivity contribution is 7.92. The molecule has 0 saturated heterocycles. The van der Waals surface area contributed by atoms with Crippen molar-refractivity contribution in [1.82, 2.24) is 8.75 Å². The van der Waals surface area contributed by atoms with E-state index >= 15 is 0 Å². The molecule has 1 heterocycles. The maximum Gasteiger partial charge on any atom is 0.239 e. The van der Waals surface area contributed by atoms with E-state index in [1.54, 1.807) is 19.1 Å². The molecular weight excluding hydrogens is 353 g/mol. The minimum absolute atomic E-state index is 0.0280. The molecule has 0 atom stereocenters. The van der Waals surface area contributed by atoms with Crippen molar-refractivity contribution in [3.8, 4) is 0 Å². The number of nitrogens with zero attached hydrogens (tertiary/aromatic N) is 2. The fourth-order valence-electron chi connectivity index (χ4n) is 2.24. The van der Waals surface area contributed by atoms with Crippen molar-refractivity contribution >= 4 is 44.2 Å². The van der Waals surface area contributed by atoms with Crippen LogP contribution in [0.4, 0.5) is 10.1 Å². The van der Waals surface area contributed by atoms with E-state index in [0.717, 1.165) is 11.7 Å². The van der Waals surface area contributed by atoms with Crippen LogP contribution in [0.3, 0.4) is 0 Å². The topological polar surface area (TPSA) is 89.0 Å². The van der Waals surface area contributed by atoms with Crippen LogP contribution in [0.5, 0.6) is 0 Å². The first-order valence-corrected chi connectivity index (χ1v) is 9.25. The van der Waals surface area contributed by atoms with Gasteiger partial charge >= 0.3 is 0 Å². The number of sulfone groups is 1. The molecule has 0 aliphatic heterocycles. The summed E-state index contributed by atoms with van der Waals surface area (Å²) >= 11 is 0.907. The van der Waals surface area contributed by atoms with E-state index in [-0.39, 0.29) is 10.4 Å². The number of halogens is 1. The Labute approximate surface area is 141 Å². The van der Waals surface area contributed by atoms with Gasteiger partial charge in [-0.25, -0.2) is 12.8 Å². The van der Waals surface area contributed by atoms with Gasteiger partial charge in [0, 0.05) is 5.69 Å². The molecule has 6 nitrogen and oxygen atoms in total. The number of hydrogen-bond donors (Lipinski definition) is 1. The number of anilines is 1. The van der Waals surface area contributed by atoms with Gasteiger partial charge in [-0.1, -0.05) is 6.07 Å². The zero-order valence-corrected chi connectivity index (χ0v) is 14.1. The van der Waals surface area contributed by atoms with E-state index < -0.39 is 27.3 Å². The second-order valence-electron chi connectivity index (χ2n) is 5.15. The molecule has 3 aromatic rings. The number of aryl methyl sites for hydroxylation is 1. The summed E-state index contributed by atoms with van der Waals surface area (Å²) in [6.07, 6.45) is 0. The van der Waals surface area contributed by atoms with Gasteiger partial charge in [0.1, 0.15) is 22.6 Å². The second kappa shape index (κ2) is 6.25. The third-order valence-corrected chi connectivity index (χ3v) is 5.55. The van der Waals surface area contributed by atoms with Crippen molar-refractivity contribution < 1.29 is 17.6 Å². The van der Waals surface area contributed by atoms with Crippen molar-refractivity contribution in [3.05, 3.63) is 47.8 Å². The Morgan fingerprint density at radius 2 is 2.04 bits per heavy atom. The summed E-state index contributed by atoms with van der Waals surface area (Å²) in [7, 11) is -3.88. The van der Waals surface area contributed by atoms with Crippen molar-refractivity contribution in [2.45, 2.75) is 11.8 Å². The fraction of sp³-hybridized carbons (Fsp3) is 0.133. The second-order valence-corrected chi connectivity index (χ2v) is 7.64. The van der Waals surface area contributed by atoms with Gasteiger partial charge in [0.05, 0.1) is 16.6 Å². The number of hydrogen-bond acceptors (Lipinski definition) is 6. The lowest BCUT2D eigenvalue weighted by molar-refractivity contribution is -0.113. The molecule has 9 heteroatoms. The summed E-state index contributed by atoms with van der Waals surface area (Å²) in [5.41, 5.74) is 1.60. The van der Waals surface area contributed by atoms with Crippen LogP contribution >= 0.6 is 11.7 Å².